The molecule has 1 atom stereocenters. The van der Waals surface area contributed by atoms with E-state index in [0.717, 1.165) is 11.1 Å². The van der Waals surface area contributed by atoms with E-state index >= 15 is 0 Å². The molecule has 0 bridgehead atoms. The van der Waals surface area contributed by atoms with E-state index in [0.29, 0.717) is 12.1 Å². The van der Waals surface area contributed by atoms with Crippen molar-refractivity contribution >= 4 is 17.7 Å². The van der Waals surface area contributed by atoms with E-state index in [-0.39, 0.29) is 36.6 Å². The third-order valence-corrected chi connectivity index (χ3v) is 4.44. The summed E-state index contributed by atoms with van der Waals surface area (Å²) in [6.45, 7) is 10.1. The molecule has 31 heavy (non-hydrogen) atoms. The molecule has 0 aliphatic heterocycles. The summed E-state index contributed by atoms with van der Waals surface area (Å²) in [5.74, 6) is -0.734. The number of rotatable bonds is 9. The van der Waals surface area contributed by atoms with Crippen LogP contribution in [0.15, 0.2) is 54.6 Å². The predicted octanol–water partition coefficient (Wildman–Crippen LogP) is 3.78. The lowest BCUT2D eigenvalue weighted by molar-refractivity contribution is -0.125. The Hall–Kier alpha value is -3.15. The molecular weight excluding hydrogens is 390 g/mol. The maximum atomic E-state index is 12.7. The molecule has 0 aromatic heterocycles. The number of hydrogen-bond donors (Lipinski definition) is 3. The van der Waals surface area contributed by atoms with Crippen molar-refractivity contribution in [2.75, 3.05) is 13.1 Å². The fourth-order valence-electron chi connectivity index (χ4n) is 2.81. The van der Waals surface area contributed by atoms with Crippen LogP contribution in [0.3, 0.4) is 0 Å². The Bertz CT molecular complexity index is 818. The smallest absolute Gasteiger partial charge is 0.251 e. The van der Waals surface area contributed by atoms with E-state index in [1.807, 2.05) is 63.2 Å². The van der Waals surface area contributed by atoms with Crippen molar-refractivity contribution in [3.8, 4) is 11.1 Å². The van der Waals surface area contributed by atoms with Crippen LogP contribution in [-0.4, -0.2) is 36.9 Å². The second-order valence-electron chi connectivity index (χ2n) is 7.17. The van der Waals surface area contributed by atoms with Crippen LogP contribution in [0, 0.1) is 5.92 Å². The van der Waals surface area contributed by atoms with Crippen molar-refractivity contribution in [1.82, 2.24) is 16.0 Å². The molecule has 6 heteroatoms. The molecule has 168 valence electrons. The minimum atomic E-state index is -0.495. The topological polar surface area (TPSA) is 87.3 Å². The van der Waals surface area contributed by atoms with Crippen molar-refractivity contribution in [3.05, 3.63) is 60.2 Å². The van der Waals surface area contributed by atoms with Gasteiger partial charge in [0.15, 0.2) is 0 Å². The van der Waals surface area contributed by atoms with Crippen LogP contribution in [0.25, 0.3) is 11.1 Å². The quantitative estimate of drug-likeness (QED) is 0.571. The predicted molar refractivity (Wildman–Crippen MR) is 126 cm³/mol. The lowest BCUT2D eigenvalue weighted by Gasteiger charge is -2.20. The largest absolute Gasteiger partial charge is 0.356 e. The normalized spacial score (nSPS) is 11.0. The van der Waals surface area contributed by atoms with Gasteiger partial charge in [-0.3, -0.25) is 14.4 Å². The van der Waals surface area contributed by atoms with E-state index in [9.17, 15) is 14.4 Å². The summed E-state index contributed by atoms with van der Waals surface area (Å²) in [7, 11) is 0. The fraction of sp³-hybridized carbons (Fsp3) is 0.400. The molecule has 1 unspecified atom stereocenters. The minimum Gasteiger partial charge on any atom is -0.356 e. The Morgan fingerprint density at radius 3 is 1.97 bits per heavy atom. The molecule has 2 aromatic rings. The Labute approximate surface area is 185 Å². The number of hydrogen-bond acceptors (Lipinski definition) is 3. The van der Waals surface area contributed by atoms with Gasteiger partial charge in [-0.15, -0.1) is 0 Å². The van der Waals surface area contributed by atoms with Gasteiger partial charge in [-0.2, -0.15) is 0 Å². The van der Waals surface area contributed by atoms with Crippen LogP contribution < -0.4 is 16.0 Å². The highest BCUT2D eigenvalue weighted by molar-refractivity contribution is 5.95. The first-order valence-corrected chi connectivity index (χ1v) is 10.9. The molecule has 3 amide bonds. The number of carbonyl (C=O) groups is 3. The first-order valence-electron chi connectivity index (χ1n) is 10.9. The summed E-state index contributed by atoms with van der Waals surface area (Å²) in [6, 6.07) is 16.7. The summed E-state index contributed by atoms with van der Waals surface area (Å²) >= 11 is 0. The molecule has 0 radical (unpaired) electrons. The van der Waals surface area contributed by atoms with Gasteiger partial charge < -0.3 is 16.0 Å². The molecule has 0 aliphatic rings. The van der Waals surface area contributed by atoms with E-state index in [4.69, 9.17) is 0 Å². The van der Waals surface area contributed by atoms with Gasteiger partial charge in [0.25, 0.3) is 5.91 Å². The maximum absolute atomic E-state index is 12.7. The van der Waals surface area contributed by atoms with Crippen LogP contribution in [0.2, 0.25) is 0 Å². The molecule has 3 N–H and O–H groups in total. The third kappa shape index (κ3) is 9.03. The third-order valence-electron chi connectivity index (χ3n) is 4.44. The van der Waals surface area contributed by atoms with Gasteiger partial charge in [-0.05, 0) is 30.2 Å². The first-order chi connectivity index (χ1) is 14.9. The Kier molecular flexibility index (Phi) is 11.7. The van der Waals surface area contributed by atoms with Crippen LogP contribution in [0.4, 0.5) is 0 Å². The average molecular weight is 426 g/mol. The fourth-order valence-corrected chi connectivity index (χ4v) is 2.81. The van der Waals surface area contributed by atoms with E-state index in [1.54, 1.807) is 26.0 Å². The van der Waals surface area contributed by atoms with Crippen molar-refractivity contribution < 1.29 is 14.4 Å². The molecule has 2 aromatic carbocycles. The highest BCUT2D eigenvalue weighted by Gasteiger charge is 2.19. The van der Waals surface area contributed by atoms with Gasteiger partial charge in [0.2, 0.25) is 11.8 Å². The molecule has 0 heterocycles. The number of benzene rings is 2. The summed E-state index contributed by atoms with van der Waals surface area (Å²) in [5, 5.41) is 8.37. The van der Waals surface area contributed by atoms with Crippen molar-refractivity contribution in [3.63, 3.8) is 0 Å². The molecular formula is C25H35N3O3. The summed E-state index contributed by atoms with van der Waals surface area (Å²) < 4.78 is 0. The van der Waals surface area contributed by atoms with Gasteiger partial charge >= 0.3 is 0 Å². The average Bonchev–Trinajstić information content (AvgIpc) is 2.79. The van der Waals surface area contributed by atoms with Crippen LogP contribution >= 0.6 is 0 Å². The van der Waals surface area contributed by atoms with Gasteiger partial charge in [0, 0.05) is 31.0 Å². The van der Waals surface area contributed by atoms with Crippen LogP contribution in [0.1, 0.15) is 51.4 Å². The summed E-state index contributed by atoms with van der Waals surface area (Å²) in [4.78, 5) is 36.5. The summed E-state index contributed by atoms with van der Waals surface area (Å²) in [6.07, 6.45) is 0.0973. The zero-order valence-corrected chi connectivity index (χ0v) is 19.2. The van der Waals surface area contributed by atoms with Gasteiger partial charge in [-0.1, -0.05) is 70.2 Å². The Morgan fingerprint density at radius 1 is 0.839 bits per heavy atom. The molecule has 0 aliphatic carbocycles. The van der Waals surface area contributed by atoms with E-state index in [1.165, 1.54) is 0 Å². The highest BCUT2D eigenvalue weighted by Crippen LogP contribution is 2.19. The number of carbonyl (C=O) groups excluding carboxylic acids is 3. The van der Waals surface area contributed by atoms with E-state index in [2.05, 4.69) is 16.0 Å². The van der Waals surface area contributed by atoms with E-state index < -0.39 is 6.04 Å². The SMILES string of the molecule is CC.CCNC(=O)CC(CNC(=O)C(C)C)NC(=O)c1ccc(-c2ccccc2)cc1. The zero-order valence-electron chi connectivity index (χ0n) is 19.2. The lowest BCUT2D eigenvalue weighted by Crippen LogP contribution is -2.47. The van der Waals surface area contributed by atoms with Crippen molar-refractivity contribution in [1.29, 1.82) is 0 Å². The second kappa shape index (κ2) is 14.0. The molecule has 0 saturated carbocycles. The van der Waals surface area contributed by atoms with Crippen molar-refractivity contribution in [2.24, 2.45) is 5.92 Å². The number of amides is 3. The second-order valence-corrected chi connectivity index (χ2v) is 7.17. The van der Waals surface area contributed by atoms with Crippen LogP contribution in [-0.2, 0) is 9.59 Å². The molecule has 0 fully saturated rings. The Morgan fingerprint density at radius 2 is 1.42 bits per heavy atom. The maximum Gasteiger partial charge on any atom is 0.251 e. The zero-order chi connectivity index (χ0) is 23.2. The van der Waals surface area contributed by atoms with Gasteiger partial charge in [-0.25, -0.2) is 0 Å². The molecule has 0 spiro atoms. The summed E-state index contributed by atoms with van der Waals surface area (Å²) in [5.41, 5.74) is 2.59. The highest BCUT2D eigenvalue weighted by atomic mass is 16.2. The van der Waals surface area contributed by atoms with Crippen LogP contribution in [0.5, 0.6) is 0 Å². The van der Waals surface area contributed by atoms with Gasteiger partial charge in [0.05, 0.1) is 6.04 Å². The number of nitrogens with one attached hydrogen (secondary N) is 3. The molecule has 0 saturated heterocycles. The first kappa shape index (κ1) is 25.9. The lowest BCUT2D eigenvalue weighted by atomic mass is 10.0. The van der Waals surface area contributed by atoms with Gasteiger partial charge in [0.1, 0.15) is 0 Å². The standard InChI is InChI=1S/C23H29N3O3.C2H6/c1-4-24-21(27)14-20(15-25-22(28)16(2)3)26-23(29)19-12-10-18(11-13-19)17-8-6-5-7-9-17;1-2/h5-13,16,20H,4,14-15H2,1-3H3,(H,24,27)(H,25,28)(H,26,29);1-2H3. The Balaban J connectivity index is 0.00000233. The molecule has 6 nitrogen and oxygen atoms in total. The van der Waals surface area contributed by atoms with Crippen molar-refractivity contribution in [2.45, 2.75) is 47.1 Å². The minimum absolute atomic E-state index is 0.0973. The molecule has 2 rings (SSSR count). The monoisotopic (exact) mass is 425 g/mol.